The van der Waals surface area contributed by atoms with Gasteiger partial charge in [-0.1, -0.05) is 13.0 Å². The third-order valence-electron chi connectivity index (χ3n) is 16.9. The number of rotatable bonds is 12. The second-order valence-electron chi connectivity index (χ2n) is 22.1. The van der Waals surface area contributed by atoms with E-state index in [4.69, 9.17) is 33.7 Å². The van der Waals surface area contributed by atoms with Crippen LogP contribution in [0, 0.1) is 17.7 Å². The van der Waals surface area contributed by atoms with Gasteiger partial charge in [-0.05, 0) is 162 Å². The number of allylic oxidation sites excluding steroid dienone is 2. The Labute approximate surface area is 479 Å². The van der Waals surface area contributed by atoms with Crippen molar-refractivity contribution in [1.82, 2.24) is 25.0 Å². The summed E-state index contributed by atoms with van der Waals surface area (Å²) in [6.07, 6.45) is 9.24. The molecule has 2 aromatic heterocycles. The first-order valence-electron chi connectivity index (χ1n) is 27.5. The summed E-state index contributed by atoms with van der Waals surface area (Å²) < 4.78 is 48.1. The van der Waals surface area contributed by atoms with Crippen LogP contribution in [0.4, 0.5) is 14.0 Å². The Bertz CT molecular complexity index is 3100. The molecule has 4 amide bonds. The number of hydrogen-bond donors (Lipinski definition) is 2. The number of thiophene rings is 1. The van der Waals surface area contributed by atoms with Crippen molar-refractivity contribution in [1.29, 1.82) is 0 Å². The molecule has 7 aliphatic heterocycles. The van der Waals surface area contributed by atoms with Gasteiger partial charge in [0.2, 0.25) is 18.0 Å². The van der Waals surface area contributed by atoms with Crippen LogP contribution >= 0.6 is 38.3 Å². The Morgan fingerprint density at radius 1 is 0.722 bits per heavy atom. The van der Waals surface area contributed by atoms with E-state index in [1.807, 2.05) is 49.8 Å². The average Bonchev–Trinajstić information content (AvgIpc) is 4.37. The maximum atomic E-state index is 17.1. The molecule has 9 heterocycles. The summed E-state index contributed by atoms with van der Waals surface area (Å²) in [6, 6.07) is 14.1. The zero-order chi connectivity index (χ0) is 53.8. The molecular weight excluding hydrogens is 1070 g/mol. The van der Waals surface area contributed by atoms with Gasteiger partial charge in [0.15, 0.2) is 0 Å². The molecule has 5 unspecified atom stereocenters. The van der Waals surface area contributed by atoms with Crippen LogP contribution in [-0.2, 0) is 35.0 Å². The number of aryl methyl sites for hydroxylation is 1. The second kappa shape index (κ2) is 24.2. The smallest absolute Gasteiger partial charge is 0.407 e. The standard InChI is InChI=1S/C59H70FN7O9S.2H2S/c1-8-42-14-16-51(77-42)57-67-46-15-13-35(40-25-44(61-29-40)47-11-9-17-65(47)55(68)53(63-58(70)72-6)38-19-31(2)74-32(3)20-38)23-37(46)27-49(67)52-43(60)24-36(28-50(52)76-57)41-26-45(62-30-41)48-12-10-18-66(48)56(69)54(64-59(71)73-7)39-21-33(4)75-34(5)22-39;;/h13-16,23-24,27-34,38-39,47-48,53-54,57H,8-12,17-22,25-26H2,1-7H3,(H,63,70)(H,64,71);2*1H2/t31-,32+,33-,34+,38?,39?,47-,48-,53?,54?,57?;;/m0../s1. The van der Waals surface area contributed by atoms with Crippen LogP contribution in [0.1, 0.15) is 126 Å². The maximum Gasteiger partial charge on any atom is 0.407 e. The van der Waals surface area contributed by atoms with Gasteiger partial charge >= 0.3 is 12.2 Å². The summed E-state index contributed by atoms with van der Waals surface area (Å²) in [5, 5.41) is 6.68. The molecule has 0 aliphatic carbocycles. The molecule has 0 saturated carbocycles. The molecule has 7 aliphatic rings. The minimum absolute atomic E-state index is 0. The third kappa shape index (κ3) is 11.5. The molecule has 79 heavy (non-hydrogen) atoms. The number of halogens is 1. The van der Waals surface area contributed by atoms with Crippen molar-refractivity contribution in [2.24, 2.45) is 21.8 Å². The minimum Gasteiger partial charge on any atom is -0.464 e. The lowest BCUT2D eigenvalue weighted by Gasteiger charge is -2.38. The summed E-state index contributed by atoms with van der Waals surface area (Å²) in [5.74, 6) is -0.470. The largest absolute Gasteiger partial charge is 0.464 e. The molecule has 0 bridgehead atoms. The number of fused-ring (bicyclic) bond motifs is 5. The monoisotopic (exact) mass is 1140 g/mol. The SMILES string of the molecule is CCc1ccc(C2Oc3cc(C4=CN=C([C@@H]5CCCN5C(=O)C(NC(=O)OC)C5C[C@@H](C)O[C@@H](C)C5)C4)cc(F)c3-c3cc4cc(C5=CN=C([C@@H]6CCCN6C(=O)C(NC(=O)OC)C6C[C@@H](C)O[C@@H](C)C6)C5)ccc4n32)s1.S.S. The van der Waals surface area contributed by atoms with Gasteiger partial charge in [0.1, 0.15) is 23.7 Å². The van der Waals surface area contributed by atoms with E-state index >= 15 is 4.39 Å². The number of aromatic nitrogens is 1. The van der Waals surface area contributed by atoms with Crippen molar-refractivity contribution in [3.8, 4) is 17.0 Å². The molecule has 11 atom stereocenters. The van der Waals surface area contributed by atoms with Crippen molar-refractivity contribution in [3.63, 3.8) is 0 Å². The molecule has 11 rings (SSSR count). The summed E-state index contributed by atoms with van der Waals surface area (Å²) in [6.45, 7) is 11.2. The first-order chi connectivity index (χ1) is 37.2. The average molecular weight is 1140 g/mol. The fourth-order valence-electron chi connectivity index (χ4n) is 13.4. The Morgan fingerprint density at radius 3 is 1.76 bits per heavy atom. The number of nitrogens with zero attached hydrogens (tertiary/aromatic N) is 5. The highest BCUT2D eigenvalue weighted by molar-refractivity contribution is 7.59. The highest BCUT2D eigenvalue weighted by Crippen LogP contribution is 2.49. The zero-order valence-corrected chi connectivity index (χ0v) is 48.8. The highest BCUT2D eigenvalue weighted by Gasteiger charge is 2.45. The van der Waals surface area contributed by atoms with E-state index in [1.54, 1.807) is 23.6 Å². The normalized spacial score (nSPS) is 27.0. The maximum absolute atomic E-state index is 17.1. The van der Waals surface area contributed by atoms with Gasteiger partial charge in [-0.2, -0.15) is 27.0 Å². The van der Waals surface area contributed by atoms with E-state index in [-0.39, 0.29) is 87.1 Å². The number of aliphatic imine (C=N–C) groups is 2. The molecule has 2 aromatic carbocycles. The number of likely N-dealkylation sites (tertiary alicyclic amines) is 2. The number of methoxy groups -OCH3 is 2. The van der Waals surface area contributed by atoms with E-state index < -0.39 is 36.3 Å². The Balaban J connectivity index is 0.00000378. The van der Waals surface area contributed by atoms with Crippen molar-refractivity contribution >= 4 is 95.8 Å². The van der Waals surface area contributed by atoms with Crippen molar-refractivity contribution in [2.75, 3.05) is 27.3 Å². The fourth-order valence-corrected chi connectivity index (χ4v) is 14.4. The quantitative estimate of drug-likeness (QED) is 0.140. The number of carbonyl (C=O) groups excluding carboxylic acids is 4. The van der Waals surface area contributed by atoms with Gasteiger partial charge in [0.05, 0.1) is 72.4 Å². The first-order valence-corrected chi connectivity index (χ1v) is 28.4. The van der Waals surface area contributed by atoms with Crippen molar-refractivity contribution in [2.45, 2.75) is 160 Å². The van der Waals surface area contributed by atoms with Crippen LogP contribution < -0.4 is 15.4 Å². The van der Waals surface area contributed by atoms with Crippen LogP contribution in [0.5, 0.6) is 5.75 Å². The summed E-state index contributed by atoms with van der Waals surface area (Å²) >= 11 is 1.68. The van der Waals surface area contributed by atoms with Gasteiger partial charge in [0.25, 0.3) is 0 Å². The molecule has 20 heteroatoms. The third-order valence-corrected chi connectivity index (χ3v) is 18.1. The van der Waals surface area contributed by atoms with Gasteiger partial charge in [-0.25, -0.2) is 14.0 Å². The van der Waals surface area contributed by atoms with Crippen LogP contribution in [0.25, 0.3) is 33.3 Å². The highest BCUT2D eigenvalue weighted by atomic mass is 32.1. The van der Waals surface area contributed by atoms with Crippen molar-refractivity contribution < 1.29 is 47.3 Å². The second-order valence-corrected chi connectivity index (χ2v) is 23.3. The lowest BCUT2D eigenvalue weighted by Crippen LogP contribution is -2.56. The summed E-state index contributed by atoms with van der Waals surface area (Å²) in [7, 11) is 2.62. The number of ether oxygens (including phenoxy) is 5. The summed E-state index contributed by atoms with van der Waals surface area (Å²) in [5.41, 5.74) is 7.23. The Morgan fingerprint density at radius 2 is 1.25 bits per heavy atom. The Kier molecular flexibility index (Phi) is 17.8. The number of benzene rings is 2. The van der Waals surface area contributed by atoms with Gasteiger partial charge in [0, 0.05) is 60.0 Å². The number of carbonyl (C=O) groups is 4. The molecule has 0 radical (unpaired) electrons. The van der Waals surface area contributed by atoms with Gasteiger partial charge in [-0.15, -0.1) is 11.3 Å². The predicted molar refractivity (Wildman–Crippen MR) is 314 cm³/mol. The van der Waals surface area contributed by atoms with E-state index in [1.165, 1.54) is 19.1 Å². The van der Waals surface area contributed by atoms with Crippen LogP contribution in [0.2, 0.25) is 0 Å². The molecule has 4 saturated heterocycles. The number of nitrogens with one attached hydrogen (secondary N) is 2. The van der Waals surface area contributed by atoms with E-state index in [0.29, 0.717) is 74.2 Å². The van der Waals surface area contributed by atoms with Gasteiger partial charge in [-0.3, -0.25) is 24.1 Å². The lowest BCUT2D eigenvalue weighted by atomic mass is 9.85. The van der Waals surface area contributed by atoms with Crippen molar-refractivity contribution in [3.05, 3.63) is 87.6 Å². The van der Waals surface area contributed by atoms with E-state index in [0.717, 1.165) is 76.0 Å². The fraction of sp³-hybridized carbons (Fsp3) is 0.525. The first kappa shape index (κ1) is 58.0. The molecule has 4 aromatic rings. The Hall–Kier alpha value is -5.67. The minimum atomic E-state index is -0.771. The van der Waals surface area contributed by atoms with Crippen LogP contribution in [0.3, 0.4) is 0 Å². The molecule has 424 valence electrons. The molecule has 4 fully saturated rings. The number of hydrogen-bond acceptors (Lipinski definition) is 12. The van der Waals surface area contributed by atoms with E-state index in [9.17, 15) is 19.2 Å². The van der Waals surface area contributed by atoms with Crippen LogP contribution in [0.15, 0.2) is 70.9 Å². The molecule has 0 spiro atoms. The molecule has 2 N–H and O–H groups in total. The van der Waals surface area contributed by atoms with Crippen LogP contribution in [-0.4, -0.2) is 126 Å². The number of alkyl carbamates (subject to hydrolysis) is 2. The molecular formula is C59H74FN7O9S3. The van der Waals surface area contributed by atoms with E-state index in [2.05, 4.69) is 58.5 Å². The summed E-state index contributed by atoms with van der Waals surface area (Å²) in [4.78, 5) is 70.1. The van der Waals surface area contributed by atoms with Gasteiger partial charge < -0.3 is 44.1 Å². The molecule has 16 nitrogen and oxygen atoms in total. The topological polar surface area (TPSA) is 175 Å². The predicted octanol–water partition coefficient (Wildman–Crippen LogP) is 10.4. The lowest BCUT2D eigenvalue weighted by molar-refractivity contribution is -0.138. The number of amides is 4. The zero-order valence-electron chi connectivity index (χ0n) is 46.0.